The lowest BCUT2D eigenvalue weighted by atomic mass is 10.2. The van der Waals surface area contributed by atoms with Crippen molar-refractivity contribution in [3.63, 3.8) is 0 Å². The predicted molar refractivity (Wildman–Crippen MR) is 103 cm³/mol. The normalized spacial score (nSPS) is 17.3. The maximum Gasteiger partial charge on any atom is 0.243 e. The van der Waals surface area contributed by atoms with Gasteiger partial charge in [-0.3, -0.25) is 4.79 Å². The molecule has 1 atom stereocenters. The van der Waals surface area contributed by atoms with Crippen LogP contribution in [-0.2, 0) is 21.4 Å². The van der Waals surface area contributed by atoms with Gasteiger partial charge in [0.1, 0.15) is 23.4 Å². The van der Waals surface area contributed by atoms with Crippen molar-refractivity contribution in [1.82, 2.24) is 9.62 Å². The Bertz CT molecular complexity index is 980. The number of nitrogens with one attached hydrogen (secondary N) is 1. The van der Waals surface area contributed by atoms with Crippen LogP contribution in [0.5, 0.6) is 5.75 Å². The van der Waals surface area contributed by atoms with E-state index in [0.29, 0.717) is 30.8 Å². The Balaban J connectivity index is 1.71. The number of sulfonamides is 1. The molecular weight excluding hydrogens is 402 g/mol. The molecule has 1 aliphatic rings. The SMILES string of the molecule is CCOc1cc(F)cc(CNC(=O)C2CCCN2S(=O)(=O)c2ccc(F)cc2)c1. The lowest BCUT2D eigenvalue weighted by molar-refractivity contribution is -0.124. The van der Waals surface area contributed by atoms with Crippen molar-refractivity contribution in [3.8, 4) is 5.75 Å². The Morgan fingerprint density at radius 2 is 1.90 bits per heavy atom. The van der Waals surface area contributed by atoms with E-state index in [0.717, 1.165) is 16.4 Å². The first kappa shape index (κ1) is 21.2. The Labute approximate surface area is 168 Å². The lowest BCUT2D eigenvalue weighted by Crippen LogP contribution is -2.45. The van der Waals surface area contributed by atoms with Crippen molar-refractivity contribution < 1.29 is 26.7 Å². The number of carbonyl (C=O) groups excluding carboxylic acids is 1. The van der Waals surface area contributed by atoms with Gasteiger partial charge in [-0.05, 0) is 61.7 Å². The van der Waals surface area contributed by atoms with Crippen LogP contribution >= 0.6 is 0 Å². The van der Waals surface area contributed by atoms with Gasteiger partial charge in [0, 0.05) is 19.2 Å². The van der Waals surface area contributed by atoms with Gasteiger partial charge in [-0.25, -0.2) is 17.2 Å². The second-order valence-corrected chi connectivity index (χ2v) is 8.56. The third-order valence-corrected chi connectivity index (χ3v) is 6.56. The minimum absolute atomic E-state index is 0.0393. The van der Waals surface area contributed by atoms with E-state index in [9.17, 15) is 22.0 Å². The molecule has 1 saturated heterocycles. The van der Waals surface area contributed by atoms with Crippen LogP contribution in [0.4, 0.5) is 8.78 Å². The van der Waals surface area contributed by atoms with E-state index >= 15 is 0 Å². The maximum absolute atomic E-state index is 13.7. The molecule has 156 valence electrons. The molecule has 0 aliphatic carbocycles. The summed E-state index contributed by atoms with van der Waals surface area (Å²) in [6.45, 7) is 2.40. The summed E-state index contributed by atoms with van der Waals surface area (Å²) in [6, 6.07) is 7.78. The van der Waals surface area contributed by atoms with Crippen molar-refractivity contribution in [2.75, 3.05) is 13.2 Å². The number of nitrogens with zero attached hydrogens (tertiary/aromatic N) is 1. The maximum atomic E-state index is 13.7. The highest BCUT2D eigenvalue weighted by Gasteiger charge is 2.39. The van der Waals surface area contributed by atoms with E-state index in [1.165, 1.54) is 24.3 Å². The monoisotopic (exact) mass is 424 g/mol. The lowest BCUT2D eigenvalue weighted by Gasteiger charge is -2.23. The molecule has 0 radical (unpaired) electrons. The molecule has 1 heterocycles. The molecule has 2 aromatic rings. The highest BCUT2D eigenvalue weighted by molar-refractivity contribution is 7.89. The van der Waals surface area contributed by atoms with Crippen LogP contribution in [-0.4, -0.2) is 37.8 Å². The van der Waals surface area contributed by atoms with E-state index in [-0.39, 0.29) is 18.0 Å². The van der Waals surface area contributed by atoms with Crippen LogP contribution < -0.4 is 10.1 Å². The molecule has 6 nitrogen and oxygen atoms in total. The van der Waals surface area contributed by atoms with Crippen LogP contribution in [0.25, 0.3) is 0 Å². The molecule has 1 amide bonds. The van der Waals surface area contributed by atoms with Crippen LogP contribution in [0.2, 0.25) is 0 Å². The molecule has 0 aromatic heterocycles. The summed E-state index contributed by atoms with van der Waals surface area (Å²) >= 11 is 0. The second-order valence-electron chi connectivity index (χ2n) is 6.67. The molecule has 1 N–H and O–H groups in total. The summed E-state index contributed by atoms with van der Waals surface area (Å²) in [5.74, 6) is -1.13. The van der Waals surface area contributed by atoms with Gasteiger partial charge in [0.25, 0.3) is 0 Å². The Kier molecular flexibility index (Phi) is 6.49. The fourth-order valence-electron chi connectivity index (χ4n) is 3.31. The number of hydrogen-bond donors (Lipinski definition) is 1. The summed E-state index contributed by atoms with van der Waals surface area (Å²) in [7, 11) is -3.93. The third-order valence-electron chi connectivity index (χ3n) is 4.64. The molecule has 3 rings (SSSR count). The van der Waals surface area contributed by atoms with Crippen molar-refractivity contribution in [2.24, 2.45) is 0 Å². The molecule has 0 spiro atoms. The molecule has 2 aromatic carbocycles. The van der Waals surface area contributed by atoms with E-state index in [2.05, 4.69) is 5.32 Å². The minimum atomic E-state index is -3.93. The van der Waals surface area contributed by atoms with Crippen LogP contribution in [0.15, 0.2) is 47.4 Å². The Morgan fingerprint density at radius 3 is 2.59 bits per heavy atom. The Morgan fingerprint density at radius 1 is 1.17 bits per heavy atom. The number of halogens is 2. The number of hydrogen-bond acceptors (Lipinski definition) is 4. The fraction of sp³-hybridized carbons (Fsp3) is 0.350. The largest absolute Gasteiger partial charge is 0.494 e. The summed E-state index contributed by atoms with van der Waals surface area (Å²) in [6.07, 6.45) is 0.909. The molecule has 9 heteroatoms. The van der Waals surface area contributed by atoms with Gasteiger partial charge in [0.15, 0.2) is 0 Å². The van der Waals surface area contributed by atoms with Gasteiger partial charge in [-0.1, -0.05) is 0 Å². The van der Waals surface area contributed by atoms with Gasteiger partial charge in [-0.15, -0.1) is 0 Å². The fourth-order valence-corrected chi connectivity index (χ4v) is 4.97. The molecular formula is C20H22F2N2O4S. The van der Waals surface area contributed by atoms with Gasteiger partial charge < -0.3 is 10.1 Å². The zero-order chi connectivity index (χ0) is 21.0. The quantitative estimate of drug-likeness (QED) is 0.742. The summed E-state index contributed by atoms with van der Waals surface area (Å²) < 4.78 is 58.9. The summed E-state index contributed by atoms with van der Waals surface area (Å²) in [5, 5.41) is 2.67. The molecule has 0 saturated carbocycles. The van der Waals surface area contributed by atoms with Gasteiger partial charge in [-0.2, -0.15) is 4.31 Å². The van der Waals surface area contributed by atoms with Crippen molar-refractivity contribution in [2.45, 2.75) is 37.2 Å². The zero-order valence-corrected chi connectivity index (χ0v) is 16.7. The number of benzene rings is 2. The molecule has 1 fully saturated rings. The van der Waals surface area contributed by atoms with Gasteiger partial charge in [0.05, 0.1) is 11.5 Å². The number of ether oxygens (including phenoxy) is 1. The highest BCUT2D eigenvalue weighted by Crippen LogP contribution is 2.26. The van der Waals surface area contributed by atoms with Crippen molar-refractivity contribution in [1.29, 1.82) is 0 Å². The smallest absolute Gasteiger partial charge is 0.243 e. The van der Waals surface area contributed by atoms with Crippen molar-refractivity contribution in [3.05, 3.63) is 59.7 Å². The molecule has 29 heavy (non-hydrogen) atoms. The van der Waals surface area contributed by atoms with Crippen LogP contribution in [0.1, 0.15) is 25.3 Å². The summed E-state index contributed by atoms with van der Waals surface area (Å²) in [4.78, 5) is 12.6. The standard InChI is InChI=1S/C20H22F2N2O4S/c1-2-28-17-11-14(10-16(22)12-17)13-23-20(25)19-4-3-9-24(19)29(26,27)18-7-5-15(21)6-8-18/h5-8,10-12,19H,2-4,9,13H2,1H3,(H,23,25). The minimum Gasteiger partial charge on any atom is -0.494 e. The first-order valence-corrected chi connectivity index (χ1v) is 10.7. The zero-order valence-electron chi connectivity index (χ0n) is 15.9. The molecule has 0 bridgehead atoms. The van der Waals surface area contributed by atoms with Gasteiger partial charge in [0.2, 0.25) is 15.9 Å². The average molecular weight is 424 g/mol. The van der Waals surface area contributed by atoms with Crippen molar-refractivity contribution >= 4 is 15.9 Å². The second kappa shape index (κ2) is 8.87. The molecule has 1 aliphatic heterocycles. The first-order chi connectivity index (χ1) is 13.8. The van der Waals surface area contributed by atoms with Gasteiger partial charge >= 0.3 is 0 Å². The predicted octanol–water partition coefficient (Wildman–Crippen LogP) is 2.83. The first-order valence-electron chi connectivity index (χ1n) is 9.28. The van der Waals surface area contributed by atoms with Crippen LogP contribution in [0.3, 0.4) is 0 Å². The van der Waals surface area contributed by atoms with Crippen LogP contribution in [0, 0.1) is 11.6 Å². The number of amides is 1. The third kappa shape index (κ3) is 4.91. The van der Waals surface area contributed by atoms with E-state index in [4.69, 9.17) is 4.74 Å². The number of rotatable bonds is 7. The summed E-state index contributed by atoms with van der Waals surface area (Å²) in [5.41, 5.74) is 0.507. The van der Waals surface area contributed by atoms with E-state index < -0.39 is 33.6 Å². The van der Waals surface area contributed by atoms with E-state index in [1.54, 1.807) is 13.0 Å². The van der Waals surface area contributed by atoms with E-state index in [1.807, 2.05) is 0 Å². The molecule has 1 unspecified atom stereocenters. The average Bonchev–Trinajstić information content (AvgIpc) is 3.17. The Hall–Kier alpha value is -2.52. The number of carbonyl (C=O) groups is 1. The topological polar surface area (TPSA) is 75.7 Å². The highest BCUT2D eigenvalue weighted by atomic mass is 32.2.